The number of likely N-dealkylation sites (tertiary alicyclic amines) is 1. The number of piperidine rings is 1. The van der Waals surface area contributed by atoms with Crippen molar-refractivity contribution in [2.24, 2.45) is 29.1 Å². The number of benzene rings is 2. The van der Waals surface area contributed by atoms with Crippen LogP contribution in [0.5, 0.6) is 0 Å². The Morgan fingerprint density at radius 3 is 1.96 bits per heavy atom. The van der Waals surface area contributed by atoms with Crippen molar-refractivity contribution < 1.29 is 40.3 Å². The Morgan fingerprint density at radius 2 is 1.44 bits per heavy atom. The molecule has 4 saturated carbocycles. The number of alkyl halides is 6. The van der Waals surface area contributed by atoms with E-state index in [-0.39, 0.29) is 35.9 Å². The summed E-state index contributed by atoms with van der Waals surface area (Å²) in [4.78, 5) is 31.2. The van der Waals surface area contributed by atoms with Crippen molar-refractivity contribution in [3.8, 4) is 0 Å². The second-order valence-corrected chi connectivity index (χ2v) is 14.1. The zero-order valence-corrected chi connectivity index (χ0v) is 25.3. The van der Waals surface area contributed by atoms with Gasteiger partial charge in [-0.15, -0.1) is 0 Å². The number of nitrogens with zero attached hydrogens (tertiary/aromatic N) is 2. The van der Waals surface area contributed by atoms with Crippen LogP contribution in [0.25, 0.3) is 0 Å². The van der Waals surface area contributed by atoms with Gasteiger partial charge in [0, 0.05) is 38.5 Å². The van der Waals surface area contributed by atoms with Crippen molar-refractivity contribution in [2.45, 2.75) is 76.7 Å². The van der Waals surface area contributed by atoms with E-state index in [1.165, 1.54) is 38.4 Å². The summed E-state index contributed by atoms with van der Waals surface area (Å²) >= 11 is 0. The lowest BCUT2D eigenvalue weighted by molar-refractivity contribution is -0.160. The molecule has 4 nitrogen and oxygen atoms in total. The molecule has 2 atom stereocenters. The Kier molecular flexibility index (Phi) is 8.00. The van der Waals surface area contributed by atoms with Crippen LogP contribution in [-0.2, 0) is 28.5 Å². The van der Waals surface area contributed by atoms with Gasteiger partial charge < -0.3 is 9.80 Å². The van der Waals surface area contributed by atoms with E-state index in [9.17, 15) is 40.3 Å². The smallest absolute Gasteiger partial charge is 0.342 e. The minimum atomic E-state index is -5.00. The normalized spacial score (nSPS) is 29.6. The summed E-state index contributed by atoms with van der Waals surface area (Å²) < 4.78 is 94.9. The summed E-state index contributed by atoms with van der Waals surface area (Å²) in [6.45, 7) is 1.82. The molecule has 0 aromatic heterocycles. The fraction of sp³-hybridized carbons (Fsp3) is 0.588. The quantitative estimate of drug-likeness (QED) is 0.312. The molecule has 4 aliphatic carbocycles. The van der Waals surface area contributed by atoms with E-state index in [0.717, 1.165) is 24.2 Å². The maximum Gasteiger partial charge on any atom is 0.416 e. The predicted molar refractivity (Wildman–Crippen MR) is 152 cm³/mol. The zero-order valence-electron chi connectivity index (χ0n) is 25.3. The first-order chi connectivity index (χ1) is 21.0. The second kappa shape index (κ2) is 11.3. The molecule has 45 heavy (non-hydrogen) atoms. The first kappa shape index (κ1) is 31.9. The molecule has 1 heterocycles. The summed E-state index contributed by atoms with van der Waals surface area (Å²) in [5, 5.41) is 0. The topological polar surface area (TPSA) is 40.6 Å². The fourth-order valence-corrected chi connectivity index (χ4v) is 9.26. The van der Waals surface area contributed by atoms with Gasteiger partial charge >= 0.3 is 12.4 Å². The number of halogens is 7. The summed E-state index contributed by atoms with van der Waals surface area (Å²) in [6.07, 6.45) is -3.52. The number of carbonyl (C=O) groups excluding carboxylic acids is 2. The first-order valence-corrected chi connectivity index (χ1v) is 15.6. The van der Waals surface area contributed by atoms with Gasteiger partial charge in [0.15, 0.2) is 0 Å². The molecule has 1 saturated heterocycles. The Morgan fingerprint density at radius 1 is 0.889 bits per heavy atom. The van der Waals surface area contributed by atoms with Gasteiger partial charge in [0.25, 0.3) is 0 Å². The molecule has 4 bridgehead atoms. The highest BCUT2D eigenvalue weighted by molar-refractivity contribution is 5.85. The molecule has 5 fully saturated rings. The Hall–Kier alpha value is -3.11. The van der Waals surface area contributed by atoms with Crippen molar-refractivity contribution in [1.82, 2.24) is 9.80 Å². The molecule has 2 amide bonds. The van der Waals surface area contributed by atoms with Crippen molar-refractivity contribution in [3.63, 3.8) is 0 Å². The van der Waals surface area contributed by atoms with Crippen LogP contribution in [0.2, 0.25) is 0 Å². The van der Waals surface area contributed by atoms with Crippen LogP contribution in [0.1, 0.15) is 78.7 Å². The van der Waals surface area contributed by atoms with Crippen LogP contribution in [0, 0.1) is 41.8 Å². The largest absolute Gasteiger partial charge is 0.416 e. The van der Waals surface area contributed by atoms with E-state index in [1.807, 2.05) is 4.90 Å². The summed E-state index contributed by atoms with van der Waals surface area (Å²) in [7, 11) is 1.36. The van der Waals surface area contributed by atoms with E-state index < -0.39 is 53.6 Å². The van der Waals surface area contributed by atoms with Crippen molar-refractivity contribution in [3.05, 3.63) is 70.0 Å². The van der Waals surface area contributed by atoms with E-state index in [2.05, 4.69) is 0 Å². The van der Waals surface area contributed by atoms with Crippen molar-refractivity contribution in [1.29, 1.82) is 0 Å². The van der Waals surface area contributed by atoms with E-state index in [1.54, 1.807) is 13.0 Å². The van der Waals surface area contributed by atoms with E-state index in [0.29, 0.717) is 47.6 Å². The van der Waals surface area contributed by atoms with Gasteiger partial charge in [0.2, 0.25) is 11.8 Å². The van der Waals surface area contributed by atoms with Crippen LogP contribution in [0.3, 0.4) is 0 Å². The average Bonchev–Trinajstić information content (AvgIpc) is 2.94. The second-order valence-electron chi connectivity index (χ2n) is 14.1. The third-order valence-electron chi connectivity index (χ3n) is 10.8. The van der Waals surface area contributed by atoms with E-state index >= 15 is 0 Å². The first-order valence-electron chi connectivity index (χ1n) is 15.6. The third-order valence-corrected chi connectivity index (χ3v) is 10.8. The highest BCUT2D eigenvalue weighted by atomic mass is 19.4. The SMILES string of the molecule is Cc1cc(F)ccc1[C@@H]1CN(C(=O)C23CC4CC(CC(C4)C2)C3)CC[C@H]1C(=O)N(C)Cc1cc(C(F)(F)F)cc(C(F)(F)F)c1. The van der Waals surface area contributed by atoms with Gasteiger partial charge in [0.1, 0.15) is 5.82 Å². The average molecular weight is 639 g/mol. The lowest BCUT2D eigenvalue weighted by atomic mass is 9.49. The van der Waals surface area contributed by atoms with Gasteiger partial charge in [-0.05, 0) is 117 Å². The van der Waals surface area contributed by atoms with Crippen LogP contribution < -0.4 is 0 Å². The maximum atomic E-state index is 14.2. The van der Waals surface area contributed by atoms with Gasteiger partial charge in [-0.25, -0.2) is 4.39 Å². The van der Waals surface area contributed by atoms with Crippen LogP contribution >= 0.6 is 0 Å². The highest BCUT2D eigenvalue weighted by Gasteiger charge is 2.56. The Balaban J connectivity index is 1.26. The molecular formula is C34H37F7N2O2. The minimum absolute atomic E-state index is 0.0647. The van der Waals surface area contributed by atoms with Crippen molar-refractivity contribution in [2.75, 3.05) is 20.1 Å². The molecule has 7 rings (SSSR count). The van der Waals surface area contributed by atoms with E-state index in [4.69, 9.17) is 0 Å². The van der Waals surface area contributed by atoms with Crippen LogP contribution in [0.15, 0.2) is 36.4 Å². The third kappa shape index (κ3) is 6.20. The molecule has 5 aliphatic rings. The van der Waals surface area contributed by atoms with Gasteiger partial charge in [-0.2, -0.15) is 26.3 Å². The molecule has 0 spiro atoms. The monoisotopic (exact) mass is 638 g/mol. The van der Waals surface area contributed by atoms with Crippen LogP contribution in [-0.4, -0.2) is 41.8 Å². The fourth-order valence-electron chi connectivity index (χ4n) is 9.26. The Bertz CT molecular complexity index is 1420. The molecule has 11 heteroatoms. The zero-order chi connectivity index (χ0) is 32.5. The number of hydrogen-bond acceptors (Lipinski definition) is 2. The lowest BCUT2D eigenvalue weighted by Crippen LogP contribution is -2.57. The van der Waals surface area contributed by atoms with Crippen molar-refractivity contribution >= 4 is 11.8 Å². The maximum absolute atomic E-state index is 14.2. The molecule has 244 valence electrons. The molecule has 0 unspecified atom stereocenters. The van der Waals surface area contributed by atoms with Gasteiger partial charge in [-0.3, -0.25) is 9.59 Å². The van der Waals surface area contributed by atoms with Gasteiger partial charge in [0.05, 0.1) is 16.5 Å². The predicted octanol–water partition coefficient (Wildman–Crippen LogP) is 7.98. The lowest BCUT2D eigenvalue weighted by Gasteiger charge is -2.57. The summed E-state index contributed by atoms with van der Waals surface area (Å²) in [5.74, 6) is -0.290. The number of carbonyl (C=O) groups is 2. The minimum Gasteiger partial charge on any atom is -0.342 e. The summed E-state index contributed by atoms with van der Waals surface area (Å²) in [6, 6.07) is 5.60. The van der Waals surface area contributed by atoms with Gasteiger partial charge in [-0.1, -0.05) is 6.07 Å². The number of hydrogen-bond donors (Lipinski definition) is 0. The Labute approximate surface area is 257 Å². The standard InChI is InChI=1S/C34H37F7N2O2/c1-19-7-26(35)3-4-27(19)29-18-43(31(45)32-14-20-8-21(15-32)10-22(9-20)16-32)6-5-28(29)30(44)42(2)17-23-11-24(33(36,37)38)13-25(12-23)34(39,40)41/h3-4,7,11-13,20-22,28-29H,5-6,8-10,14-18H2,1-2H3/t20?,21?,22?,28-,29+,32?/m1/s1. The number of rotatable bonds is 5. The molecule has 1 aliphatic heterocycles. The number of aryl methyl sites for hydroxylation is 1. The molecule has 0 radical (unpaired) electrons. The number of amides is 2. The molecular weight excluding hydrogens is 601 g/mol. The molecule has 0 N–H and O–H groups in total. The summed E-state index contributed by atoms with van der Waals surface area (Å²) in [5.41, 5.74) is -2.25. The van der Waals surface area contributed by atoms with Crippen LogP contribution in [0.4, 0.5) is 30.7 Å². The molecule has 2 aromatic carbocycles. The molecule has 2 aromatic rings. The highest BCUT2D eigenvalue weighted by Crippen LogP contribution is 2.61.